The van der Waals surface area contributed by atoms with Gasteiger partial charge in [-0.25, -0.2) is 0 Å². The number of nitrogens with one attached hydrogen (secondary N) is 1. The highest BCUT2D eigenvalue weighted by atomic mass is 19.4. The Morgan fingerprint density at radius 1 is 1.03 bits per heavy atom. The molecule has 4 aromatic rings. The van der Waals surface area contributed by atoms with Crippen LogP contribution in [-0.4, -0.2) is 22.9 Å². The third-order valence-electron chi connectivity index (χ3n) is 5.13. The number of H-pyrrole nitrogens is 1. The summed E-state index contributed by atoms with van der Waals surface area (Å²) >= 11 is 0. The van der Waals surface area contributed by atoms with E-state index in [1.807, 2.05) is 37.3 Å². The maximum Gasteiger partial charge on any atom is 0.573 e. The lowest BCUT2D eigenvalue weighted by atomic mass is 9.97. The molecule has 2 aromatic carbocycles. The van der Waals surface area contributed by atoms with Crippen molar-refractivity contribution in [2.24, 2.45) is 5.73 Å². The Balaban J connectivity index is 1.89. The second-order valence-electron chi connectivity index (χ2n) is 7.30. The minimum Gasteiger partial charge on any atom is -0.406 e. The van der Waals surface area contributed by atoms with Gasteiger partial charge in [0.2, 0.25) is 0 Å². The monoisotopic (exact) mass is 413 g/mol. The van der Waals surface area contributed by atoms with Gasteiger partial charge in [-0.2, -0.15) is 0 Å². The zero-order valence-electron chi connectivity index (χ0n) is 16.5. The Kier molecular flexibility index (Phi) is 5.39. The third kappa shape index (κ3) is 4.11. The standard InChI is InChI=1S/C23H22F3N3O/c1-14-8-10-16-17(6-4-7-20(16)28-14)22-18(5-2-3-12-27)19-13-15(30-23(24,25)26)9-11-21(19)29-22/h4,6-11,13,29H,2-3,5,12,27H2,1H3. The fourth-order valence-electron chi connectivity index (χ4n) is 3.83. The number of nitrogens with two attached hydrogens (primary N) is 1. The highest BCUT2D eigenvalue weighted by Gasteiger charge is 2.31. The number of benzene rings is 2. The number of hydrogen-bond donors (Lipinski definition) is 2. The molecule has 2 heterocycles. The second-order valence-corrected chi connectivity index (χ2v) is 7.30. The van der Waals surface area contributed by atoms with Crippen LogP contribution in [0.25, 0.3) is 33.1 Å². The number of aromatic nitrogens is 2. The van der Waals surface area contributed by atoms with E-state index in [9.17, 15) is 13.2 Å². The van der Waals surface area contributed by atoms with E-state index in [4.69, 9.17) is 5.73 Å². The van der Waals surface area contributed by atoms with Gasteiger partial charge in [0.05, 0.1) is 11.2 Å². The van der Waals surface area contributed by atoms with E-state index in [0.29, 0.717) is 13.0 Å². The number of unbranched alkanes of at least 4 members (excludes halogenated alkanes) is 1. The first-order valence-electron chi connectivity index (χ1n) is 9.83. The molecule has 0 aliphatic carbocycles. The van der Waals surface area contributed by atoms with Crippen molar-refractivity contribution in [1.82, 2.24) is 9.97 Å². The van der Waals surface area contributed by atoms with E-state index in [1.165, 1.54) is 12.1 Å². The maximum absolute atomic E-state index is 12.7. The summed E-state index contributed by atoms with van der Waals surface area (Å²) in [6.07, 6.45) is -2.37. The molecule has 0 radical (unpaired) electrons. The van der Waals surface area contributed by atoms with Crippen molar-refractivity contribution in [2.75, 3.05) is 6.54 Å². The third-order valence-corrected chi connectivity index (χ3v) is 5.13. The molecular formula is C23H22F3N3O. The summed E-state index contributed by atoms with van der Waals surface area (Å²) in [5.74, 6) is -0.226. The first kappa shape index (κ1) is 20.2. The van der Waals surface area contributed by atoms with Crippen LogP contribution in [0.2, 0.25) is 0 Å². The van der Waals surface area contributed by atoms with Gasteiger partial charge in [0, 0.05) is 27.5 Å². The smallest absolute Gasteiger partial charge is 0.406 e. The van der Waals surface area contributed by atoms with E-state index in [2.05, 4.69) is 14.7 Å². The Bertz CT molecular complexity index is 1200. The number of nitrogens with zero attached hydrogens (tertiary/aromatic N) is 1. The zero-order chi connectivity index (χ0) is 21.3. The molecule has 0 bridgehead atoms. The summed E-state index contributed by atoms with van der Waals surface area (Å²) in [6, 6.07) is 14.3. The van der Waals surface area contributed by atoms with Crippen LogP contribution in [0.5, 0.6) is 5.75 Å². The average Bonchev–Trinajstić information content (AvgIpc) is 3.04. The minimum atomic E-state index is -4.73. The molecule has 30 heavy (non-hydrogen) atoms. The van der Waals surface area contributed by atoms with Gasteiger partial charge in [0.25, 0.3) is 0 Å². The van der Waals surface area contributed by atoms with Crippen LogP contribution >= 0.6 is 0 Å². The van der Waals surface area contributed by atoms with Crippen LogP contribution in [0.3, 0.4) is 0 Å². The predicted molar refractivity (Wildman–Crippen MR) is 112 cm³/mol. The van der Waals surface area contributed by atoms with Crippen molar-refractivity contribution < 1.29 is 17.9 Å². The van der Waals surface area contributed by atoms with Crippen molar-refractivity contribution in [2.45, 2.75) is 32.5 Å². The number of ether oxygens (including phenoxy) is 1. The van der Waals surface area contributed by atoms with Gasteiger partial charge >= 0.3 is 6.36 Å². The molecule has 0 atom stereocenters. The molecule has 0 amide bonds. The fourth-order valence-corrected chi connectivity index (χ4v) is 3.83. The SMILES string of the molecule is Cc1ccc2c(-c3[nH]c4ccc(OC(F)(F)F)cc4c3CCCCN)cccc2n1. The van der Waals surface area contributed by atoms with E-state index < -0.39 is 6.36 Å². The van der Waals surface area contributed by atoms with Gasteiger partial charge in [0.1, 0.15) is 5.75 Å². The highest BCUT2D eigenvalue weighted by molar-refractivity contribution is 5.99. The lowest BCUT2D eigenvalue weighted by molar-refractivity contribution is -0.274. The Morgan fingerprint density at radius 3 is 2.63 bits per heavy atom. The van der Waals surface area contributed by atoms with Crippen LogP contribution in [0.4, 0.5) is 13.2 Å². The molecule has 0 unspecified atom stereocenters. The van der Waals surface area contributed by atoms with Crippen molar-refractivity contribution >= 4 is 21.8 Å². The lowest BCUT2D eigenvalue weighted by Crippen LogP contribution is -2.16. The molecule has 0 saturated heterocycles. The second kappa shape index (κ2) is 7.99. The van der Waals surface area contributed by atoms with E-state index in [-0.39, 0.29) is 5.75 Å². The highest BCUT2D eigenvalue weighted by Crippen LogP contribution is 2.37. The minimum absolute atomic E-state index is 0.226. The number of aryl methyl sites for hydroxylation is 2. The van der Waals surface area contributed by atoms with Crippen LogP contribution in [0.1, 0.15) is 24.1 Å². The first-order chi connectivity index (χ1) is 14.4. The summed E-state index contributed by atoms with van der Waals surface area (Å²) in [5.41, 5.74) is 11.0. The van der Waals surface area contributed by atoms with Crippen LogP contribution in [0, 0.1) is 6.92 Å². The molecule has 4 rings (SSSR count). The number of pyridine rings is 1. The van der Waals surface area contributed by atoms with E-state index in [1.54, 1.807) is 6.07 Å². The number of aromatic amines is 1. The Morgan fingerprint density at radius 2 is 1.87 bits per heavy atom. The summed E-state index contributed by atoms with van der Waals surface area (Å²) in [4.78, 5) is 8.01. The van der Waals surface area contributed by atoms with Gasteiger partial charge < -0.3 is 15.5 Å². The topological polar surface area (TPSA) is 63.9 Å². The van der Waals surface area contributed by atoms with Gasteiger partial charge in [-0.1, -0.05) is 18.2 Å². The molecule has 0 spiro atoms. The molecule has 3 N–H and O–H groups in total. The van der Waals surface area contributed by atoms with Crippen LogP contribution in [0.15, 0.2) is 48.5 Å². The summed E-state index contributed by atoms with van der Waals surface area (Å²) in [5, 5.41) is 1.71. The number of alkyl halides is 3. The van der Waals surface area contributed by atoms with Crippen molar-refractivity contribution in [3.63, 3.8) is 0 Å². The molecule has 0 aliphatic rings. The van der Waals surface area contributed by atoms with Crippen molar-refractivity contribution in [3.8, 4) is 17.0 Å². The molecule has 2 aromatic heterocycles. The predicted octanol–water partition coefficient (Wildman–Crippen LogP) is 5.87. The number of fused-ring (bicyclic) bond motifs is 2. The van der Waals surface area contributed by atoms with Gasteiger partial charge in [-0.05, 0) is 68.6 Å². The molecule has 7 heteroatoms. The lowest BCUT2D eigenvalue weighted by Gasteiger charge is -2.10. The quantitative estimate of drug-likeness (QED) is 0.389. The number of halogens is 3. The largest absolute Gasteiger partial charge is 0.573 e. The van der Waals surface area contributed by atoms with Crippen molar-refractivity contribution in [1.29, 1.82) is 0 Å². The Hall–Kier alpha value is -3.06. The number of rotatable bonds is 6. The average molecular weight is 413 g/mol. The number of hydrogen-bond acceptors (Lipinski definition) is 3. The van der Waals surface area contributed by atoms with Gasteiger partial charge in [0.15, 0.2) is 0 Å². The molecule has 4 nitrogen and oxygen atoms in total. The molecule has 156 valence electrons. The normalized spacial score (nSPS) is 12.0. The van der Waals surface area contributed by atoms with Crippen LogP contribution in [-0.2, 0) is 6.42 Å². The molecular weight excluding hydrogens is 391 g/mol. The Labute approximate surface area is 171 Å². The van der Waals surface area contributed by atoms with Gasteiger partial charge in [-0.15, -0.1) is 13.2 Å². The van der Waals surface area contributed by atoms with Crippen molar-refractivity contribution in [3.05, 3.63) is 59.8 Å². The summed E-state index contributed by atoms with van der Waals surface area (Å²) in [6.45, 7) is 2.51. The van der Waals surface area contributed by atoms with E-state index >= 15 is 0 Å². The fraction of sp³-hybridized carbons (Fsp3) is 0.261. The van der Waals surface area contributed by atoms with E-state index in [0.717, 1.165) is 57.2 Å². The summed E-state index contributed by atoms with van der Waals surface area (Å²) in [7, 11) is 0. The molecule has 0 aliphatic heterocycles. The first-order valence-corrected chi connectivity index (χ1v) is 9.83. The molecule has 0 fully saturated rings. The zero-order valence-corrected chi connectivity index (χ0v) is 16.5. The van der Waals surface area contributed by atoms with Gasteiger partial charge in [-0.3, -0.25) is 4.98 Å². The summed E-state index contributed by atoms with van der Waals surface area (Å²) < 4.78 is 42.3. The maximum atomic E-state index is 12.7. The molecule has 0 saturated carbocycles. The van der Waals surface area contributed by atoms with Crippen LogP contribution < -0.4 is 10.5 Å².